The molecule has 3 rings (SSSR count). The number of amides is 2. The number of hydrogen-bond acceptors (Lipinski definition) is 5. The van der Waals surface area contributed by atoms with Gasteiger partial charge in [-0.15, -0.1) is 0 Å². The van der Waals surface area contributed by atoms with Gasteiger partial charge in [-0.3, -0.25) is 9.59 Å². The lowest BCUT2D eigenvalue weighted by Gasteiger charge is -2.29. The van der Waals surface area contributed by atoms with E-state index in [1.54, 1.807) is 6.92 Å². The molecule has 1 atom stereocenters. The predicted octanol–water partition coefficient (Wildman–Crippen LogP) is 1.65. The summed E-state index contributed by atoms with van der Waals surface area (Å²) in [6, 6.07) is 8.74. The third kappa shape index (κ3) is 5.27. The summed E-state index contributed by atoms with van der Waals surface area (Å²) in [7, 11) is -1.82. The lowest BCUT2D eigenvalue weighted by molar-refractivity contribution is -0.124. The molecule has 2 amide bonds. The molecule has 10 heteroatoms. The van der Waals surface area contributed by atoms with Crippen LogP contribution in [0.15, 0.2) is 30.3 Å². The largest absolute Gasteiger partial charge is 0.357 e. The molecule has 2 heterocycles. The molecule has 0 saturated carbocycles. The zero-order valence-electron chi connectivity index (χ0n) is 19.9. The van der Waals surface area contributed by atoms with E-state index in [0.717, 1.165) is 5.56 Å². The fourth-order valence-electron chi connectivity index (χ4n) is 4.00. The van der Waals surface area contributed by atoms with Crippen LogP contribution in [0.1, 0.15) is 43.9 Å². The Hall–Kier alpha value is -2.72. The molecule has 2 N–H and O–H groups in total. The molecular formula is C23H33N5O4S. The van der Waals surface area contributed by atoms with Crippen molar-refractivity contribution < 1.29 is 18.0 Å². The first-order chi connectivity index (χ1) is 15.5. The first-order valence-electron chi connectivity index (χ1n) is 11.1. The highest BCUT2D eigenvalue weighted by atomic mass is 32.2. The summed E-state index contributed by atoms with van der Waals surface area (Å²) in [6.07, 6.45) is 0.349. The van der Waals surface area contributed by atoms with Crippen LogP contribution in [0.3, 0.4) is 0 Å². The number of fused-ring (bicyclic) bond motifs is 1. The molecule has 1 aliphatic rings. The normalized spacial score (nSPS) is 15.9. The maximum atomic E-state index is 13.4. The number of carbonyl (C=O) groups excluding carboxylic acids is 2. The minimum Gasteiger partial charge on any atom is -0.357 e. The number of aromatic nitrogens is 2. The topological polar surface area (TPSA) is 113 Å². The quantitative estimate of drug-likeness (QED) is 0.660. The molecule has 0 radical (unpaired) electrons. The van der Waals surface area contributed by atoms with Crippen LogP contribution in [0.2, 0.25) is 0 Å². The average molecular weight is 476 g/mol. The van der Waals surface area contributed by atoms with E-state index in [1.807, 2.05) is 55.7 Å². The van der Waals surface area contributed by atoms with E-state index in [1.165, 1.54) is 11.4 Å². The summed E-state index contributed by atoms with van der Waals surface area (Å²) < 4.78 is 28.4. The van der Waals surface area contributed by atoms with Crippen LogP contribution in [-0.2, 0) is 27.8 Å². The number of rotatable bonds is 6. The van der Waals surface area contributed by atoms with Gasteiger partial charge in [-0.05, 0) is 12.3 Å². The first kappa shape index (κ1) is 24.9. The highest BCUT2D eigenvalue weighted by Crippen LogP contribution is 2.27. The Kier molecular flexibility index (Phi) is 7.28. The Morgan fingerprint density at radius 1 is 1.12 bits per heavy atom. The fourth-order valence-corrected chi connectivity index (χ4v) is 5.10. The van der Waals surface area contributed by atoms with E-state index in [0.29, 0.717) is 31.0 Å². The summed E-state index contributed by atoms with van der Waals surface area (Å²) in [5, 5.41) is 5.46. The molecule has 0 unspecified atom stereocenters. The van der Waals surface area contributed by atoms with Crippen molar-refractivity contribution in [2.24, 2.45) is 5.41 Å². The Labute approximate surface area is 195 Å². The van der Waals surface area contributed by atoms with Gasteiger partial charge in [0, 0.05) is 38.7 Å². The van der Waals surface area contributed by atoms with Crippen molar-refractivity contribution in [3.8, 4) is 11.4 Å². The number of nitrogens with one attached hydrogen (secondary N) is 2. The van der Waals surface area contributed by atoms with Gasteiger partial charge in [0.15, 0.2) is 0 Å². The highest BCUT2D eigenvalue weighted by molar-refractivity contribution is 7.89. The van der Waals surface area contributed by atoms with E-state index >= 15 is 0 Å². The SMILES string of the molecule is CCS(=O)(=O)N1CCc2c(C(=O)N[C@H](C(=O)NC)C(C)(C)C)nc(-c3ccccc3)n2CC1. The maximum absolute atomic E-state index is 13.4. The molecule has 0 saturated heterocycles. The van der Waals surface area contributed by atoms with Crippen molar-refractivity contribution in [2.45, 2.75) is 46.7 Å². The summed E-state index contributed by atoms with van der Waals surface area (Å²) in [4.78, 5) is 30.5. The number of sulfonamides is 1. The standard InChI is InChI=1S/C23H33N5O4S/c1-6-33(31,32)27-13-12-17-18(21(29)26-19(22(30)24-5)23(2,3)4)25-20(28(17)15-14-27)16-10-8-7-9-11-16/h7-11,19H,6,12-15H2,1-5H3,(H,24,30)(H,26,29)/t19-/m1/s1. The lowest BCUT2D eigenvalue weighted by atomic mass is 9.86. The van der Waals surface area contributed by atoms with Crippen molar-refractivity contribution in [1.82, 2.24) is 24.5 Å². The van der Waals surface area contributed by atoms with Crippen molar-refractivity contribution in [3.63, 3.8) is 0 Å². The van der Waals surface area contributed by atoms with Crippen LogP contribution in [-0.4, -0.2) is 66.0 Å². The molecule has 180 valence electrons. The predicted molar refractivity (Wildman–Crippen MR) is 127 cm³/mol. The molecule has 0 aliphatic carbocycles. The molecular weight excluding hydrogens is 442 g/mol. The van der Waals surface area contributed by atoms with Gasteiger partial charge in [0.25, 0.3) is 5.91 Å². The maximum Gasteiger partial charge on any atom is 0.272 e. The van der Waals surface area contributed by atoms with Crippen molar-refractivity contribution in [2.75, 3.05) is 25.9 Å². The molecule has 1 aromatic carbocycles. The van der Waals surface area contributed by atoms with Crippen molar-refractivity contribution >= 4 is 21.8 Å². The number of benzene rings is 1. The fraction of sp³-hybridized carbons (Fsp3) is 0.522. The monoisotopic (exact) mass is 475 g/mol. The van der Waals surface area contributed by atoms with Crippen LogP contribution in [0.25, 0.3) is 11.4 Å². The van der Waals surface area contributed by atoms with Gasteiger partial charge in [-0.25, -0.2) is 13.4 Å². The lowest BCUT2D eigenvalue weighted by Crippen LogP contribution is -2.53. The molecule has 9 nitrogen and oxygen atoms in total. The van der Waals surface area contributed by atoms with Gasteiger partial charge in [0.05, 0.1) is 11.4 Å². The van der Waals surface area contributed by atoms with Crippen molar-refractivity contribution in [1.29, 1.82) is 0 Å². The Balaban J connectivity index is 2.04. The van der Waals surface area contributed by atoms with E-state index in [9.17, 15) is 18.0 Å². The van der Waals surface area contributed by atoms with E-state index < -0.39 is 27.4 Å². The van der Waals surface area contributed by atoms with Gasteiger partial charge in [-0.1, -0.05) is 51.1 Å². The third-order valence-electron chi connectivity index (χ3n) is 5.90. The zero-order chi connectivity index (χ0) is 24.4. The average Bonchev–Trinajstić information content (AvgIpc) is 3.00. The molecule has 33 heavy (non-hydrogen) atoms. The molecule has 1 aromatic heterocycles. The second kappa shape index (κ2) is 9.64. The minimum atomic E-state index is -3.36. The summed E-state index contributed by atoms with van der Waals surface area (Å²) in [6.45, 7) is 8.23. The second-order valence-electron chi connectivity index (χ2n) is 9.18. The van der Waals surface area contributed by atoms with Crippen LogP contribution in [0.4, 0.5) is 0 Å². The van der Waals surface area contributed by atoms with Crippen molar-refractivity contribution in [3.05, 3.63) is 41.7 Å². The second-order valence-corrected chi connectivity index (χ2v) is 11.4. The molecule has 0 bridgehead atoms. The van der Waals surface area contributed by atoms with Gasteiger partial charge in [0.1, 0.15) is 17.6 Å². The Morgan fingerprint density at radius 2 is 1.79 bits per heavy atom. The van der Waals surface area contributed by atoms with E-state index in [2.05, 4.69) is 15.6 Å². The summed E-state index contributed by atoms with van der Waals surface area (Å²) >= 11 is 0. The summed E-state index contributed by atoms with van der Waals surface area (Å²) in [5.74, 6) is -0.0991. The Bertz CT molecular complexity index is 1120. The van der Waals surface area contributed by atoms with Crippen LogP contribution >= 0.6 is 0 Å². The van der Waals surface area contributed by atoms with Gasteiger partial charge < -0.3 is 15.2 Å². The summed E-state index contributed by atoms with van der Waals surface area (Å²) in [5.41, 5.74) is 1.22. The first-order valence-corrected chi connectivity index (χ1v) is 12.8. The van der Waals surface area contributed by atoms with Crippen LogP contribution in [0.5, 0.6) is 0 Å². The highest BCUT2D eigenvalue weighted by Gasteiger charge is 2.35. The number of hydrogen-bond donors (Lipinski definition) is 2. The Morgan fingerprint density at radius 3 is 2.36 bits per heavy atom. The minimum absolute atomic E-state index is 0.0262. The van der Waals surface area contributed by atoms with E-state index in [-0.39, 0.29) is 23.9 Å². The van der Waals surface area contributed by atoms with Gasteiger partial charge in [0.2, 0.25) is 15.9 Å². The third-order valence-corrected chi connectivity index (χ3v) is 7.78. The molecule has 1 aliphatic heterocycles. The number of likely N-dealkylation sites (N-methyl/N-ethyl adjacent to an activating group) is 1. The van der Waals surface area contributed by atoms with E-state index in [4.69, 9.17) is 0 Å². The smallest absolute Gasteiger partial charge is 0.272 e. The van der Waals surface area contributed by atoms with Gasteiger partial charge in [-0.2, -0.15) is 4.31 Å². The van der Waals surface area contributed by atoms with Crippen LogP contribution < -0.4 is 10.6 Å². The molecule has 0 fully saturated rings. The number of imidazole rings is 1. The zero-order valence-corrected chi connectivity index (χ0v) is 20.7. The molecule has 2 aromatic rings. The van der Waals surface area contributed by atoms with Crippen LogP contribution in [0, 0.1) is 5.41 Å². The number of carbonyl (C=O) groups is 2. The molecule has 0 spiro atoms. The van der Waals surface area contributed by atoms with Gasteiger partial charge >= 0.3 is 0 Å². The number of nitrogens with zero attached hydrogens (tertiary/aromatic N) is 3.